The largest absolute Gasteiger partial charge is 0.305 e. The molecule has 0 amide bonds. The van der Waals surface area contributed by atoms with Gasteiger partial charge in [0.05, 0.1) is 0 Å². The molecule has 0 aliphatic heterocycles. The van der Waals surface area contributed by atoms with E-state index in [0.717, 1.165) is 23.3 Å². The summed E-state index contributed by atoms with van der Waals surface area (Å²) < 4.78 is 42.5. The van der Waals surface area contributed by atoms with Crippen molar-refractivity contribution in [3.8, 4) is 0 Å². The summed E-state index contributed by atoms with van der Waals surface area (Å²) in [6.07, 6.45) is 0. The number of aryl methyl sites for hydroxylation is 2. The van der Waals surface area contributed by atoms with Gasteiger partial charge in [0.25, 0.3) is 0 Å². The first-order valence-corrected chi connectivity index (χ1v) is 7.54. The zero-order valence-corrected chi connectivity index (χ0v) is 13.4. The predicted octanol–water partition coefficient (Wildman–Crippen LogP) is 6.19. The summed E-state index contributed by atoms with van der Waals surface area (Å²) in [6, 6.07) is 16.1. The smallest absolute Gasteiger partial charge is 0.185 e. The second-order valence-electron chi connectivity index (χ2n) is 5.70. The van der Waals surface area contributed by atoms with E-state index in [1.165, 1.54) is 4.90 Å². The molecular formula is C20H16F3N. The van der Waals surface area contributed by atoms with Crippen LogP contribution >= 0.6 is 0 Å². The molecule has 0 unspecified atom stereocenters. The van der Waals surface area contributed by atoms with E-state index in [1.807, 2.05) is 38.1 Å². The van der Waals surface area contributed by atoms with Crippen molar-refractivity contribution in [2.45, 2.75) is 13.8 Å². The Morgan fingerprint density at radius 2 is 1.00 bits per heavy atom. The van der Waals surface area contributed by atoms with Crippen LogP contribution in [0, 0.1) is 31.3 Å². The van der Waals surface area contributed by atoms with Gasteiger partial charge in [0.15, 0.2) is 11.6 Å². The van der Waals surface area contributed by atoms with E-state index in [0.29, 0.717) is 11.4 Å². The van der Waals surface area contributed by atoms with Gasteiger partial charge in [-0.1, -0.05) is 35.4 Å². The first kappa shape index (κ1) is 16.1. The van der Waals surface area contributed by atoms with Crippen LogP contribution in [0.15, 0.2) is 60.7 Å². The van der Waals surface area contributed by atoms with Crippen LogP contribution in [-0.4, -0.2) is 0 Å². The molecule has 4 heteroatoms. The number of halogens is 3. The van der Waals surface area contributed by atoms with Crippen LogP contribution in [-0.2, 0) is 0 Å². The molecule has 3 rings (SSSR count). The quantitative estimate of drug-likeness (QED) is 0.518. The fourth-order valence-electron chi connectivity index (χ4n) is 2.52. The average Bonchev–Trinajstić information content (AvgIpc) is 2.57. The Hall–Kier alpha value is -2.75. The molecule has 0 aromatic heterocycles. The maximum atomic E-state index is 14.4. The monoisotopic (exact) mass is 327 g/mol. The van der Waals surface area contributed by atoms with Crippen LogP contribution in [0.5, 0.6) is 0 Å². The highest BCUT2D eigenvalue weighted by Gasteiger charge is 2.23. The fraction of sp³-hybridized carbons (Fsp3) is 0.100. The van der Waals surface area contributed by atoms with E-state index >= 15 is 0 Å². The zero-order valence-electron chi connectivity index (χ0n) is 13.4. The van der Waals surface area contributed by atoms with Gasteiger partial charge >= 0.3 is 0 Å². The second-order valence-corrected chi connectivity index (χ2v) is 5.70. The molecule has 0 aliphatic rings. The van der Waals surface area contributed by atoms with Gasteiger partial charge in [-0.25, -0.2) is 13.2 Å². The lowest BCUT2D eigenvalue weighted by Gasteiger charge is -2.26. The number of benzene rings is 3. The van der Waals surface area contributed by atoms with Gasteiger partial charge in [-0.2, -0.15) is 0 Å². The Balaban J connectivity index is 2.25. The fourth-order valence-corrected chi connectivity index (χ4v) is 2.52. The molecule has 0 atom stereocenters. The van der Waals surface area contributed by atoms with Crippen molar-refractivity contribution < 1.29 is 13.2 Å². The first-order valence-electron chi connectivity index (χ1n) is 7.54. The van der Waals surface area contributed by atoms with E-state index in [2.05, 4.69) is 0 Å². The molecule has 0 radical (unpaired) electrons. The minimum absolute atomic E-state index is 0.428. The maximum absolute atomic E-state index is 14.4. The topological polar surface area (TPSA) is 3.24 Å². The lowest BCUT2D eigenvalue weighted by atomic mass is 10.1. The summed E-state index contributed by atoms with van der Waals surface area (Å²) in [5.74, 6) is -3.12. The van der Waals surface area contributed by atoms with Crippen LogP contribution < -0.4 is 4.90 Å². The van der Waals surface area contributed by atoms with Crippen molar-refractivity contribution in [1.29, 1.82) is 0 Å². The van der Waals surface area contributed by atoms with E-state index in [9.17, 15) is 13.2 Å². The molecule has 0 spiro atoms. The number of hydrogen-bond acceptors (Lipinski definition) is 1. The summed E-state index contributed by atoms with van der Waals surface area (Å²) in [5, 5.41) is 0. The normalized spacial score (nSPS) is 10.7. The van der Waals surface area contributed by atoms with E-state index in [1.54, 1.807) is 24.3 Å². The number of rotatable bonds is 3. The van der Waals surface area contributed by atoms with Gasteiger partial charge in [-0.15, -0.1) is 0 Å². The molecule has 0 fully saturated rings. The highest BCUT2D eigenvalue weighted by Crippen LogP contribution is 2.38. The molecule has 0 heterocycles. The van der Waals surface area contributed by atoms with Gasteiger partial charge in [0.1, 0.15) is 11.5 Å². The van der Waals surface area contributed by atoms with Gasteiger partial charge in [0.2, 0.25) is 0 Å². The molecule has 1 nitrogen and oxygen atoms in total. The van der Waals surface area contributed by atoms with Crippen molar-refractivity contribution >= 4 is 17.1 Å². The third-order valence-electron chi connectivity index (χ3n) is 3.83. The first-order chi connectivity index (χ1) is 11.5. The van der Waals surface area contributed by atoms with Crippen LogP contribution in [0.1, 0.15) is 11.1 Å². The minimum Gasteiger partial charge on any atom is -0.305 e. The number of anilines is 3. The highest BCUT2D eigenvalue weighted by atomic mass is 19.2. The molecule has 3 aromatic rings. The predicted molar refractivity (Wildman–Crippen MR) is 90.5 cm³/mol. The average molecular weight is 327 g/mol. The van der Waals surface area contributed by atoms with Crippen molar-refractivity contribution in [2.75, 3.05) is 4.90 Å². The van der Waals surface area contributed by atoms with Crippen LogP contribution in [0.4, 0.5) is 30.2 Å². The molecule has 0 aliphatic carbocycles. The number of nitrogens with zero attached hydrogens (tertiary/aromatic N) is 1. The molecule has 0 saturated carbocycles. The Morgan fingerprint density at radius 1 is 0.583 bits per heavy atom. The Morgan fingerprint density at radius 3 is 1.46 bits per heavy atom. The maximum Gasteiger partial charge on any atom is 0.185 e. The van der Waals surface area contributed by atoms with Gasteiger partial charge < -0.3 is 4.90 Å². The van der Waals surface area contributed by atoms with Crippen molar-refractivity contribution in [2.24, 2.45) is 0 Å². The summed E-state index contributed by atoms with van der Waals surface area (Å²) in [4.78, 5) is 1.38. The van der Waals surface area contributed by atoms with Gasteiger partial charge in [0, 0.05) is 11.4 Å². The molecule has 122 valence electrons. The Bertz CT molecular complexity index is 810. The second kappa shape index (κ2) is 6.40. The standard InChI is InChI=1S/C20H16F3N/c1-13-3-7-15(8-4-13)24(16-9-5-14(2)6-10-16)20-18(22)12-11-17(21)19(20)23/h3-12H,1-2H3. The third kappa shape index (κ3) is 3.00. The van der Waals surface area contributed by atoms with Crippen molar-refractivity contribution in [1.82, 2.24) is 0 Å². The Labute approximate surface area is 139 Å². The third-order valence-corrected chi connectivity index (χ3v) is 3.83. The van der Waals surface area contributed by atoms with Crippen molar-refractivity contribution in [3.63, 3.8) is 0 Å². The zero-order chi connectivity index (χ0) is 17.3. The Kier molecular flexibility index (Phi) is 4.30. The molecule has 0 N–H and O–H groups in total. The summed E-state index contributed by atoms with van der Waals surface area (Å²) in [6.45, 7) is 3.84. The molecule has 0 bridgehead atoms. The number of hydrogen-bond donors (Lipinski definition) is 0. The lowest BCUT2D eigenvalue weighted by molar-refractivity contribution is 0.497. The van der Waals surface area contributed by atoms with Gasteiger partial charge in [-0.3, -0.25) is 0 Å². The molecular weight excluding hydrogens is 311 g/mol. The lowest BCUT2D eigenvalue weighted by Crippen LogP contribution is -2.14. The molecule has 0 saturated heterocycles. The SMILES string of the molecule is Cc1ccc(N(c2ccc(C)cc2)c2c(F)ccc(F)c2F)cc1. The van der Waals surface area contributed by atoms with E-state index in [-0.39, 0.29) is 0 Å². The van der Waals surface area contributed by atoms with Crippen molar-refractivity contribution in [3.05, 3.63) is 89.2 Å². The molecule has 24 heavy (non-hydrogen) atoms. The van der Waals surface area contributed by atoms with Crippen LogP contribution in [0.2, 0.25) is 0 Å². The van der Waals surface area contributed by atoms with E-state index < -0.39 is 23.1 Å². The highest BCUT2D eigenvalue weighted by molar-refractivity contribution is 5.77. The minimum atomic E-state index is -1.21. The summed E-state index contributed by atoms with van der Waals surface area (Å²) in [5.41, 5.74) is 2.70. The van der Waals surface area contributed by atoms with Crippen LogP contribution in [0.25, 0.3) is 0 Å². The summed E-state index contributed by atoms with van der Waals surface area (Å²) in [7, 11) is 0. The molecule has 3 aromatic carbocycles. The van der Waals surface area contributed by atoms with Gasteiger partial charge in [-0.05, 0) is 50.2 Å². The van der Waals surface area contributed by atoms with E-state index in [4.69, 9.17) is 0 Å². The van der Waals surface area contributed by atoms with Crippen LogP contribution in [0.3, 0.4) is 0 Å². The summed E-state index contributed by atoms with van der Waals surface area (Å²) >= 11 is 0.